The van der Waals surface area contributed by atoms with Crippen molar-refractivity contribution in [3.05, 3.63) is 65.0 Å². The highest BCUT2D eigenvalue weighted by atomic mass is 35.5. The van der Waals surface area contributed by atoms with Gasteiger partial charge in [0.25, 0.3) is 0 Å². The molecule has 7 heteroatoms. The highest BCUT2D eigenvalue weighted by Gasteiger charge is 2.18. The zero-order valence-electron chi connectivity index (χ0n) is 13.8. The Morgan fingerprint density at radius 2 is 1.92 bits per heavy atom. The first-order valence-corrected chi connectivity index (χ1v) is 9.13. The van der Waals surface area contributed by atoms with E-state index in [4.69, 9.17) is 21.1 Å². The standard InChI is InChI=1S/C19H14ClN3O2S/c1-24-10-15-22-18(25-14-8-5-9-21-17(14)20)16-13(11-26-19(16)23-15)12-6-3-2-4-7-12/h2-9,11H,10H2,1H3. The Balaban J connectivity index is 1.90. The number of hydrogen-bond donors (Lipinski definition) is 0. The summed E-state index contributed by atoms with van der Waals surface area (Å²) >= 11 is 7.70. The maximum absolute atomic E-state index is 6.16. The minimum absolute atomic E-state index is 0.282. The van der Waals surface area contributed by atoms with E-state index in [1.165, 1.54) is 0 Å². The molecule has 0 N–H and O–H groups in total. The van der Waals surface area contributed by atoms with Crippen LogP contribution in [-0.4, -0.2) is 22.1 Å². The molecule has 0 fully saturated rings. The van der Waals surface area contributed by atoms with Gasteiger partial charge in [0.05, 0.1) is 5.39 Å². The molecule has 0 radical (unpaired) electrons. The number of fused-ring (bicyclic) bond motifs is 1. The second-order valence-electron chi connectivity index (χ2n) is 5.47. The Morgan fingerprint density at radius 3 is 2.69 bits per heavy atom. The normalized spacial score (nSPS) is 11.0. The Morgan fingerprint density at radius 1 is 1.08 bits per heavy atom. The minimum Gasteiger partial charge on any atom is -0.435 e. The van der Waals surface area contributed by atoms with E-state index in [1.54, 1.807) is 36.8 Å². The first kappa shape index (κ1) is 16.9. The van der Waals surface area contributed by atoms with Crippen LogP contribution in [0.1, 0.15) is 5.82 Å². The van der Waals surface area contributed by atoms with Crippen LogP contribution in [0.25, 0.3) is 21.3 Å². The lowest BCUT2D eigenvalue weighted by molar-refractivity contribution is 0.177. The molecule has 0 atom stereocenters. The Bertz CT molecular complexity index is 1050. The summed E-state index contributed by atoms with van der Waals surface area (Å²) in [6.07, 6.45) is 1.61. The quantitative estimate of drug-likeness (QED) is 0.435. The van der Waals surface area contributed by atoms with Crippen molar-refractivity contribution in [2.45, 2.75) is 6.61 Å². The molecular weight excluding hydrogens is 370 g/mol. The van der Waals surface area contributed by atoms with Crippen LogP contribution in [0.15, 0.2) is 54.0 Å². The van der Waals surface area contributed by atoms with Gasteiger partial charge in [-0.25, -0.2) is 9.97 Å². The molecule has 0 amide bonds. The third-order valence-corrected chi connectivity index (χ3v) is 4.89. The molecule has 26 heavy (non-hydrogen) atoms. The molecule has 1 aromatic carbocycles. The zero-order chi connectivity index (χ0) is 17.9. The molecule has 0 saturated heterocycles. The number of halogens is 1. The first-order chi connectivity index (χ1) is 12.8. The Hall–Kier alpha value is -2.54. The second kappa shape index (κ2) is 7.37. The number of thiophene rings is 1. The lowest BCUT2D eigenvalue weighted by Crippen LogP contribution is -2.00. The summed E-state index contributed by atoms with van der Waals surface area (Å²) in [6, 6.07) is 13.6. The third-order valence-electron chi connectivity index (χ3n) is 3.74. The fourth-order valence-electron chi connectivity index (χ4n) is 2.60. The van der Waals surface area contributed by atoms with Gasteiger partial charge in [0.1, 0.15) is 11.4 Å². The largest absolute Gasteiger partial charge is 0.435 e. The Labute approximate surface area is 159 Å². The predicted octanol–water partition coefficient (Wildman–Crippen LogP) is 5.35. The number of aromatic nitrogens is 3. The number of nitrogens with zero attached hydrogens (tertiary/aromatic N) is 3. The van der Waals surface area contributed by atoms with Crippen molar-refractivity contribution in [2.75, 3.05) is 7.11 Å². The summed E-state index contributed by atoms with van der Waals surface area (Å²) in [7, 11) is 1.61. The topological polar surface area (TPSA) is 57.1 Å². The van der Waals surface area contributed by atoms with Crippen LogP contribution < -0.4 is 4.74 Å². The van der Waals surface area contributed by atoms with E-state index in [1.807, 2.05) is 30.3 Å². The summed E-state index contributed by atoms with van der Waals surface area (Å²) in [4.78, 5) is 14.0. The van der Waals surface area contributed by atoms with Crippen molar-refractivity contribution >= 4 is 33.2 Å². The van der Waals surface area contributed by atoms with E-state index in [0.717, 1.165) is 21.3 Å². The predicted molar refractivity (Wildman–Crippen MR) is 103 cm³/mol. The molecule has 0 saturated carbocycles. The molecule has 0 aliphatic carbocycles. The van der Waals surface area contributed by atoms with Crippen LogP contribution in [0.2, 0.25) is 5.15 Å². The monoisotopic (exact) mass is 383 g/mol. The molecule has 0 bridgehead atoms. The molecule has 3 heterocycles. The number of rotatable bonds is 5. The van der Waals surface area contributed by atoms with E-state index in [0.29, 0.717) is 24.1 Å². The number of methoxy groups -OCH3 is 1. The van der Waals surface area contributed by atoms with Gasteiger partial charge < -0.3 is 9.47 Å². The van der Waals surface area contributed by atoms with Crippen LogP contribution in [-0.2, 0) is 11.3 Å². The zero-order valence-corrected chi connectivity index (χ0v) is 15.4. The number of hydrogen-bond acceptors (Lipinski definition) is 6. The van der Waals surface area contributed by atoms with Crippen molar-refractivity contribution in [1.82, 2.24) is 15.0 Å². The van der Waals surface area contributed by atoms with Gasteiger partial charge in [0, 0.05) is 24.3 Å². The highest BCUT2D eigenvalue weighted by molar-refractivity contribution is 7.17. The van der Waals surface area contributed by atoms with Gasteiger partial charge in [-0.05, 0) is 17.7 Å². The minimum atomic E-state index is 0.282. The SMILES string of the molecule is COCc1nc(Oc2cccnc2Cl)c2c(-c3ccccc3)csc2n1. The van der Waals surface area contributed by atoms with Gasteiger partial charge in [-0.2, -0.15) is 4.98 Å². The van der Waals surface area contributed by atoms with Gasteiger partial charge >= 0.3 is 0 Å². The van der Waals surface area contributed by atoms with Crippen LogP contribution in [0, 0.1) is 0 Å². The molecule has 4 aromatic rings. The van der Waals surface area contributed by atoms with Gasteiger partial charge in [-0.3, -0.25) is 0 Å². The van der Waals surface area contributed by atoms with Crippen LogP contribution in [0.4, 0.5) is 0 Å². The first-order valence-electron chi connectivity index (χ1n) is 7.87. The maximum Gasteiger partial charge on any atom is 0.232 e. The van der Waals surface area contributed by atoms with Gasteiger partial charge in [-0.1, -0.05) is 41.9 Å². The maximum atomic E-state index is 6.16. The molecule has 130 valence electrons. The summed E-state index contributed by atoms with van der Waals surface area (Å²) in [6.45, 7) is 0.297. The summed E-state index contributed by atoms with van der Waals surface area (Å²) in [5.74, 6) is 1.44. The molecule has 3 aromatic heterocycles. The van der Waals surface area contributed by atoms with Crippen LogP contribution >= 0.6 is 22.9 Å². The Kier molecular flexibility index (Phi) is 4.79. The van der Waals surface area contributed by atoms with Gasteiger partial charge in [0.2, 0.25) is 5.88 Å². The molecule has 0 unspecified atom stereocenters. The molecule has 0 aliphatic rings. The van der Waals surface area contributed by atoms with E-state index in [-0.39, 0.29) is 5.15 Å². The average molecular weight is 384 g/mol. The molecule has 0 spiro atoms. The van der Waals surface area contributed by atoms with Gasteiger partial charge in [0.15, 0.2) is 16.7 Å². The summed E-state index contributed by atoms with van der Waals surface area (Å²) < 4.78 is 11.2. The molecule has 4 rings (SSSR count). The van der Waals surface area contributed by atoms with E-state index in [2.05, 4.69) is 20.3 Å². The van der Waals surface area contributed by atoms with Crippen molar-refractivity contribution in [3.8, 4) is 22.8 Å². The third kappa shape index (κ3) is 3.26. The lowest BCUT2D eigenvalue weighted by Gasteiger charge is -2.10. The summed E-state index contributed by atoms with van der Waals surface area (Å²) in [5, 5.41) is 3.19. The summed E-state index contributed by atoms with van der Waals surface area (Å²) in [5.41, 5.74) is 2.09. The molecule has 0 aliphatic heterocycles. The lowest BCUT2D eigenvalue weighted by atomic mass is 10.1. The van der Waals surface area contributed by atoms with Crippen LogP contribution in [0.3, 0.4) is 0 Å². The van der Waals surface area contributed by atoms with E-state index >= 15 is 0 Å². The second-order valence-corrected chi connectivity index (χ2v) is 6.68. The van der Waals surface area contributed by atoms with Crippen molar-refractivity contribution < 1.29 is 9.47 Å². The average Bonchev–Trinajstić information content (AvgIpc) is 3.09. The number of benzene rings is 1. The molecular formula is C19H14ClN3O2S. The smallest absolute Gasteiger partial charge is 0.232 e. The van der Waals surface area contributed by atoms with Crippen molar-refractivity contribution in [1.29, 1.82) is 0 Å². The highest BCUT2D eigenvalue weighted by Crippen LogP contribution is 2.40. The van der Waals surface area contributed by atoms with E-state index < -0.39 is 0 Å². The fourth-order valence-corrected chi connectivity index (χ4v) is 3.72. The van der Waals surface area contributed by atoms with Gasteiger partial charge in [-0.15, -0.1) is 11.3 Å². The number of ether oxygens (including phenoxy) is 2. The molecule has 5 nitrogen and oxygen atoms in total. The number of pyridine rings is 1. The van der Waals surface area contributed by atoms with Crippen molar-refractivity contribution in [2.24, 2.45) is 0 Å². The van der Waals surface area contributed by atoms with Crippen LogP contribution in [0.5, 0.6) is 11.6 Å². The van der Waals surface area contributed by atoms with E-state index in [9.17, 15) is 0 Å². The fraction of sp³-hybridized carbons (Fsp3) is 0.105. The van der Waals surface area contributed by atoms with Crippen molar-refractivity contribution in [3.63, 3.8) is 0 Å².